The minimum absolute atomic E-state index is 0.717. The largest absolute Gasteiger partial charge is 0.368 e. The van der Waals surface area contributed by atoms with E-state index in [1.54, 1.807) is 4.68 Å². The minimum atomic E-state index is 0.717. The van der Waals surface area contributed by atoms with Gasteiger partial charge < -0.3 is 5.32 Å². The van der Waals surface area contributed by atoms with Crippen molar-refractivity contribution in [1.82, 2.24) is 25.0 Å². The molecule has 6 nitrogen and oxygen atoms in total. The van der Waals surface area contributed by atoms with Crippen molar-refractivity contribution in [3.8, 4) is 0 Å². The number of hydrogen-bond acceptors (Lipinski definition) is 5. The summed E-state index contributed by atoms with van der Waals surface area (Å²) in [5.74, 6) is 0.746. The Morgan fingerprint density at radius 3 is 2.85 bits per heavy atom. The van der Waals surface area contributed by atoms with E-state index in [1.165, 1.54) is 11.9 Å². The van der Waals surface area contributed by atoms with Gasteiger partial charge in [-0.15, -0.1) is 5.10 Å². The molecule has 2 aromatic heterocycles. The Bertz CT molecular complexity index is 691. The third kappa shape index (κ3) is 2.59. The van der Waals surface area contributed by atoms with Crippen LogP contribution in [0.5, 0.6) is 0 Å². The maximum atomic E-state index is 4.23. The fourth-order valence-corrected chi connectivity index (χ4v) is 2.13. The van der Waals surface area contributed by atoms with Crippen molar-refractivity contribution in [2.75, 3.05) is 11.9 Å². The number of nitrogens with one attached hydrogen (secondary N) is 1. The normalized spacial score (nSPS) is 10.8. The summed E-state index contributed by atoms with van der Waals surface area (Å²) < 4.78 is 1.65. The SMILES string of the molecule is Cn1nnc2c(NCCCc3ccccc3)ncnc21. The topological polar surface area (TPSA) is 68.5 Å². The second kappa shape index (κ2) is 5.64. The standard InChI is InChI=1S/C14H16N6/c1-20-14-12(18-19-20)13(16-10-17-14)15-9-5-8-11-6-3-2-4-7-11/h2-4,6-7,10H,5,8-9H2,1H3,(H,15,16,17). The molecule has 0 spiro atoms. The first kappa shape index (κ1) is 12.5. The lowest BCUT2D eigenvalue weighted by Crippen LogP contribution is -2.05. The summed E-state index contributed by atoms with van der Waals surface area (Å²) in [6.07, 6.45) is 3.61. The van der Waals surface area contributed by atoms with Crippen molar-refractivity contribution in [2.24, 2.45) is 7.05 Å². The number of hydrogen-bond donors (Lipinski definition) is 1. The van der Waals surface area contributed by atoms with Gasteiger partial charge in [-0.05, 0) is 18.4 Å². The molecule has 1 aromatic carbocycles. The Balaban J connectivity index is 1.60. The van der Waals surface area contributed by atoms with E-state index in [0.29, 0.717) is 0 Å². The molecule has 0 atom stereocenters. The number of aromatic nitrogens is 5. The van der Waals surface area contributed by atoms with Gasteiger partial charge in [-0.25, -0.2) is 14.6 Å². The lowest BCUT2D eigenvalue weighted by Gasteiger charge is -2.05. The first-order valence-electron chi connectivity index (χ1n) is 6.63. The molecule has 0 unspecified atom stereocenters. The molecule has 0 fully saturated rings. The minimum Gasteiger partial charge on any atom is -0.368 e. The summed E-state index contributed by atoms with van der Waals surface area (Å²) in [5.41, 5.74) is 2.81. The molecule has 0 bridgehead atoms. The van der Waals surface area contributed by atoms with Crippen LogP contribution in [0, 0.1) is 0 Å². The average molecular weight is 268 g/mol. The summed E-state index contributed by atoms with van der Waals surface area (Å²) in [6, 6.07) is 10.5. The number of fused-ring (bicyclic) bond motifs is 1. The van der Waals surface area contributed by atoms with Gasteiger partial charge in [-0.1, -0.05) is 35.5 Å². The fourth-order valence-electron chi connectivity index (χ4n) is 2.13. The number of nitrogens with zero attached hydrogens (tertiary/aromatic N) is 5. The zero-order chi connectivity index (χ0) is 13.8. The van der Waals surface area contributed by atoms with Crippen LogP contribution in [0.2, 0.25) is 0 Å². The Morgan fingerprint density at radius 1 is 1.15 bits per heavy atom. The van der Waals surface area contributed by atoms with Gasteiger partial charge in [0, 0.05) is 13.6 Å². The van der Waals surface area contributed by atoms with Crippen molar-refractivity contribution in [3.63, 3.8) is 0 Å². The molecular formula is C14H16N6. The summed E-state index contributed by atoms with van der Waals surface area (Å²) in [6.45, 7) is 0.845. The van der Waals surface area contributed by atoms with Crippen molar-refractivity contribution < 1.29 is 0 Å². The zero-order valence-corrected chi connectivity index (χ0v) is 11.3. The molecule has 1 N–H and O–H groups in total. The average Bonchev–Trinajstić information content (AvgIpc) is 2.87. The van der Waals surface area contributed by atoms with E-state index in [4.69, 9.17) is 0 Å². The summed E-state index contributed by atoms with van der Waals surface area (Å²) in [7, 11) is 1.82. The predicted molar refractivity (Wildman–Crippen MR) is 77.4 cm³/mol. The molecule has 0 aliphatic carbocycles. The first-order valence-corrected chi connectivity index (χ1v) is 6.63. The van der Waals surface area contributed by atoms with Crippen LogP contribution >= 0.6 is 0 Å². The van der Waals surface area contributed by atoms with Crippen LogP contribution < -0.4 is 5.32 Å². The highest BCUT2D eigenvalue weighted by molar-refractivity contribution is 5.81. The molecule has 102 valence electrons. The molecular weight excluding hydrogens is 252 g/mol. The molecule has 2 heterocycles. The van der Waals surface area contributed by atoms with Crippen LogP contribution in [-0.2, 0) is 13.5 Å². The second-order valence-electron chi connectivity index (χ2n) is 4.62. The molecule has 0 aliphatic rings. The van der Waals surface area contributed by atoms with Crippen molar-refractivity contribution in [2.45, 2.75) is 12.8 Å². The van der Waals surface area contributed by atoms with Crippen LogP contribution in [-0.4, -0.2) is 31.5 Å². The van der Waals surface area contributed by atoms with Crippen LogP contribution in [0.1, 0.15) is 12.0 Å². The van der Waals surface area contributed by atoms with Gasteiger partial charge in [0.25, 0.3) is 0 Å². The Hall–Kier alpha value is -2.50. The molecule has 0 amide bonds. The van der Waals surface area contributed by atoms with Crippen molar-refractivity contribution in [3.05, 3.63) is 42.2 Å². The van der Waals surface area contributed by atoms with Crippen LogP contribution in [0.4, 0.5) is 5.82 Å². The fraction of sp³-hybridized carbons (Fsp3) is 0.286. The quantitative estimate of drug-likeness (QED) is 0.715. The molecule has 0 saturated heterocycles. The molecule has 6 heteroatoms. The number of anilines is 1. The highest BCUT2D eigenvalue weighted by atomic mass is 15.4. The number of aryl methyl sites for hydroxylation is 2. The van der Waals surface area contributed by atoms with Gasteiger partial charge in [0.15, 0.2) is 17.0 Å². The smallest absolute Gasteiger partial charge is 0.183 e. The van der Waals surface area contributed by atoms with Crippen LogP contribution in [0.3, 0.4) is 0 Å². The molecule has 20 heavy (non-hydrogen) atoms. The van der Waals surface area contributed by atoms with E-state index in [-0.39, 0.29) is 0 Å². The van der Waals surface area contributed by atoms with E-state index in [0.717, 1.165) is 36.4 Å². The third-order valence-corrected chi connectivity index (χ3v) is 3.17. The summed E-state index contributed by atoms with van der Waals surface area (Å²) in [4.78, 5) is 8.39. The maximum absolute atomic E-state index is 4.23. The van der Waals surface area contributed by atoms with Crippen molar-refractivity contribution >= 4 is 17.0 Å². The Labute approximate surface area is 116 Å². The van der Waals surface area contributed by atoms with Crippen molar-refractivity contribution in [1.29, 1.82) is 0 Å². The monoisotopic (exact) mass is 268 g/mol. The van der Waals surface area contributed by atoms with E-state index in [1.807, 2.05) is 13.1 Å². The zero-order valence-electron chi connectivity index (χ0n) is 11.3. The van der Waals surface area contributed by atoms with E-state index >= 15 is 0 Å². The van der Waals surface area contributed by atoms with Gasteiger partial charge in [-0.2, -0.15) is 0 Å². The highest BCUT2D eigenvalue weighted by Gasteiger charge is 2.08. The van der Waals surface area contributed by atoms with Crippen LogP contribution in [0.15, 0.2) is 36.7 Å². The van der Waals surface area contributed by atoms with E-state index < -0.39 is 0 Å². The molecule has 0 saturated carbocycles. The van der Waals surface area contributed by atoms with Crippen LogP contribution in [0.25, 0.3) is 11.2 Å². The summed E-state index contributed by atoms with van der Waals surface area (Å²) in [5, 5.41) is 11.3. The number of benzene rings is 1. The first-order chi connectivity index (χ1) is 9.84. The Morgan fingerprint density at radius 2 is 2.00 bits per heavy atom. The van der Waals surface area contributed by atoms with Gasteiger partial charge in [-0.3, -0.25) is 0 Å². The van der Waals surface area contributed by atoms with E-state index in [9.17, 15) is 0 Å². The molecule has 3 aromatic rings. The Kier molecular flexibility index (Phi) is 3.54. The van der Waals surface area contributed by atoms with Gasteiger partial charge in [0.1, 0.15) is 6.33 Å². The van der Waals surface area contributed by atoms with Gasteiger partial charge in [0.2, 0.25) is 0 Å². The lowest BCUT2D eigenvalue weighted by molar-refractivity contribution is 0.729. The maximum Gasteiger partial charge on any atom is 0.183 e. The van der Waals surface area contributed by atoms with Gasteiger partial charge in [0.05, 0.1) is 0 Å². The number of rotatable bonds is 5. The molecule has 3 rings (SSSR count). The summed E-state index contributed by atoms with van der Waals surface area (Å²) >= 11 is 0. The predicted octanol–water partition coefficient (Wildman–Crippen LogP) is 1.80. The second-order valence-corrected chi connectivity index (χ2v) is 4.62. The molecule has 0 aliphatic heterocycles. The lowest BCUT2D eigenvalue weighted by atomic mass is 10.1. The van der Waals surface area contributed by atoms with E-state index in [2.05, 4.69) is 49.9 Å². The third-order valence-electron chi connectivity index (χ3n) is 3.17. The molecule has 0 radical (unpaired) electrons. The highest BCUT2D eigenvalue weighted by Crippen LogP contribution is 2.14. The van der Waals surface area contributed by atoms with Gasteiger partial charge >= 0.3 is 0 Å².